The lowest BCUT2D eigenvalue weighted by atomic mass is 10.2. The summed E-state index contributed by atoms with van der Waals surface area (Å²) in [6.45, 7) is 2.73. The van der Waals surface area contributed by atoms with E-state index in [2.05, 4.69) is 10.6 Å². The van der Waals surface area contributed by atoms with Crippen molar-refractivity contribution >= 4 is 30.6 Å². The summed E-state index contributed by atoms with van der Waals surface area (Å²) in [5.41, 5.74) is 2.23. The molecule has 0 aliphatic carbocycles. The molecule has 0 heterocycles. The zero-order chi connectivity index (χ0) is 27.4. The maximum Gasteiger partial charge on any atom is 0.407 e. The van der Waals surface area contributed by atoms with Crippen molar-refractivity contribution in [3.05, 3.63) is 102 Å². The van der Waals surface area contributed by atoms with Crippen LogP contribution in [0.1, 0.15) is 29.4 Å². The number of rotatable bonds is 12. The molecular formula is C28H31N2O7P. The zero-order valence-electron chi connectivity index (χ0n) is 21.3. The maximum absolute atomic E-state index is 14.5. The fraction of sp³-hybridized carbons (Fsp3) is 0.250. The highest BCUT2D eigenvalue weighted by molar-refractivity contribution is 7.67. The van der Waals surface area contributed by atoms with E-state index in [1.807, 2.05) is 37.3 Å². The van der Waals surface area contributed by atoms with Crippen molar-refractivity contribution in [3.8, 4) is 0 Å². The first-order valence-electron chi connectivity index (χ1n) is 12.1. The van der Waals surface area contributed by atoms with Crippen molar-refractivity contribution < 1.29 is 32.9 Å². The lowest BCUT2D eigenvalue weighted by molar-refractivity contribution is -0.145. The second kappa shape index (κ2) is 14.1. The number of ether oxygens (including phenoxy) is 2. The molecule has 2 amide bonds. The Morgan fingerprint density at radius 1 is 0.868 bits per heavy atom. The standard InChI is InChI=1S/C28H31N2O7P/c1-3-35-26(32)20-37-38(34,24-16-14-21(2)15-17-24)27(23-12-8-5-9-13-23)30-25(31)18-29-28(33)36-19-22-10-6-4-7-11-22/h4-17,27H,3,18-20H2,1-2H3,(H,29,33)(H,30,31). The normalized spacial score (nSPS) is 13.0. The molecule has 0 saturated heterocycles. The Morgan fingerprint density at radius 2 is 1.50 bits per heavy atom. The van der Waals surface area contributed by atoms with Crippen LogP contribution in [0.25, 0.3) is 0 Å². The van der Waals surface area contributed by atoms with Gasteiger partial charge in [0.25, 0.3) is 7.37 Å². The second-order valence-corrected chi connectivity index (χ2v) is 10.8. The number of esters is 1. The highest BCUT2D eigenvalue weighted by Gasteiger charge is 2.39. The molecule has 0 aliphatic heterocycles. The summed E-state index contributed by atoms with van der Waals surface area (Å²) >= 11 is 0. The molecule has 38 heavy (non-hydrogen) atoms. The molecule has 0 radical (unpaired) electrons. The van der Waals surface area contributed by atoms with E-state index in [4.69, 9.17) is 14.0 Å². The zero-order valence-corrected chi connectivity index (χ0v) is 22.2. The minimum absolute atomic E-state index is 0.0469. The first-order chi connectivity index (χ1) is 18.3. The number of nitrogens with one attached hydrogen (secondary N) is 2. The third kappa shape index (κ3) is 8.30. The van der Waals surface area contributed by atoms with Gasteiger partial charge in [-0.05, 0) is 37.1 Å². The number of carbonyl (C=O) groups is 3. The maximum atomic E-state index is 14.5. The van der Waals surface area contributed by atoms with Crippen LogP contribution < -0.4 is 15.9 Å². The molecule has 2 atom stereocenters. The Bertz CT molecular complexity index is 1250. The van der Waals surface area contributed by atoms with Gasteiger partial charge in [-0.15, -0.1) is 0 Å². The fourth-order valence-electron chi connectivity index (χ4n) is 3.53. The van der Waals surface area contributed by atoms with Crippen LogP contribution in [0.3, 0.4) is 0 Å². The lowest BCUT2D eigenvalue weighted by Crippen LogP contribution is -2.40. The first kappa shape index (κ1) is 28.6. The van der Waals surface area contributed by atoms with Gasteiger partial charge < -0.3 is 24.6 Å². The number of aryl methyl sites for hydroxylation is 1. The van der Waals surface area contributed by atoms with E-state index < -0.39 is 44.3 Å². The van der Waals surface area contributed by atoms with Crippen molar-refractivity contribution in [2.75, 3.05) is 19.8 Å². The largest absolute Gasteiger partial charge is 0.464 e. The summed E-state index contributed by atoms with van der Waals surface area (Å²) in [6, 6.07) is 24.6. The highest BCUT2D eigenvalue weighted by Crippen LogP contribution is 2.57. The number of hydrogen-bond donors (Lipinski definition) is 2. The first-order valence-corrected chi connectivity index (χ1v) is 13.8. The Morgan fingerprint density at radius 3 is 2.13 bits per heavy atom. The van der Waals surface area contributed by atoms with Crippen LogP contribution >= 0.6 is 7.37 Å². The molecule has 2 unspecified atom stereocenters. The Labute approximate surface area is 221 Å². The quantitative estimate of drug-likeness (QED) is 0.262. The van der Waals surface area contributed by atoms with E-state index in [9.17, 15) is 18.9 Å². The number of hydrogen-bond acceptors (Lipinski definition) is 7. The molecule has 0 bridgehead atoms. The van der Waals surface area contributed by atoms with Gasteiger partial charge in [0, 0.05) is 5.30 Å². The summed E-state index contributed by atoms with van der Waals surface area (Å²) in [4.78, 5) is 37.1. The number of amides is 2. The van der Waals surface area contributed by atoms with Crippen LogP contribution in [0.5, 0.6) is 0 Å². The smallest absolute Gasteiger partial charge is 0.407 e. The third-order valence-electron chi connectivity index (χ3n) is 5.43. The topological polar surface area (TPSA) is 120 Å². The monoisotopic (exact) mass is 538 g/mol. The van der Waals surface area contributed by atoms with Gasteiger partial charge >= 0.3 is 12.1 Å². The number of benzene rings is 3. The number of carbonyl (C=O) groups excluding carboxylic acids is 3. The van der Waals surface area contributed by atoms with Gasteiger partial charge in [-0.25, -0.2) is 9.59 Å². The molecule has 0 spiro atoms. The minimum atomic E-state index is -3.93. The predicted octanol–water partition coefficient (Wildman–Crippen LogP) is 4.22. The average Bonchev–Trinajstić information content (AvgIpc) is 2.94. The van der Waals surface area contributed by atoms with Crippen molar-refractivity contribution in [3.63, 3.8) is 0 Å². The van der Waals surface area contributed by atoms with E-state index >= 15 is 0 Å². The highest BCUT2D eigenvalue weighted by atomic mass is 31.2. The van der Waals surface area contributed by atoms with Crippen LogP contribution in [0.2, 0.25) is 0 Å². The molecule has 0 fully saturated rings. The van der Waals surface area contributed by atoms with Crippen LogP contribution in [0.4, 0.5) is 4.79 Å². The van der Waals surface area contributed by atoms with Crippen molar-refractivity contribution in [2.24, 2.45) is 0 Å². The van der Waals surface area contributed by atoms with E-state index in [1.54, 1.807) is 61.5 Å². The Hall–Kier alpha value is -3.94. The van der Waals surface area contributed by atoms with Gasteiger partial charge in [0.2, 0.25) is 5.91 Å². The Kier molecular flexibility index (Phi) is 10.6. The Balaban J connectivity index is 1.79. The third-order valence-corrected chi connectivity index (χ3v) is 8.07. The van der Waals surface area contributed by atoms with Gasteiger partial charge in [0.05, 0.1) is 6.61 Å². The molecule has 9 nitrogen and oxygen atoms in total. The minimum Gasteiger partial charge on any atom is -0.464 e. The van der Waals surface area contributed by atoms with Gasteiger partial charge in [-0.3, -0.25) is 9.36 Å². The molecule has 3 aromatic carbocycles. The van der Waals surface area contributed by atoms with E-state index in [-0.39, 0.29) is 13.2 Å². The summed E-state index contributed by atoms with van der Waals surface area (Å²) in [6.07, 6.45) is -0.777. The lowest BCUT2D eigenvalue weighted by Gasteiger charge is -2.29. The van der Waals surface area contributed by atoms with Gasteiger partial charge in [-0.1, -0.05) is 78.4 Å². The SMILES string of the molecule is CCOC(=O)COP(=O)(c1ccc(C)cc1)C(NC(=O)CNC(=O)OCc1ccccc1)c1ccccc1. The molecule has 0 saturated carbocycles. The summed E-state index contributed by atoms with van der Waals surface area (Å²) in [5.74, 6) is -2.45. The van der Waals surface area contributed by atoms with Crippen molar-refractivity contribution in [1.29, 1.82) is 0 Å². The predicted molar refractivity (Wildman–Crippen MR) is 143 cm³/mol. The molecule has 0 aliphatic rings. The number of alkyl carbamates (subject to hydrolysis) is 1. The van der Waals surface area contributed by atoms with Crippen LogP contribution in [-0.4, -0.2) is 37.7 Å². The van der Waals surface area contributed by atoms with E-state index in [0.29, 0.717) is 10.9 Å². The van der Waals surface area contributed by atoms with Gasteiger partial charge in [0.15, 0.2) is 6.61 Å². The van der Waals surface area contributed by atoms with Gasteiger partial charge in [-0.2, -0.15) is 0 Å². The molecule has 3 rings (SSSR count). The molecule has 0 aromatic heterocycles. The summed E-state index contributed by atoms with van der Waals surface area (Å²) < 4.78 is 30.4. The summed E-state index contributed by atoms with van der Waals surface area (Å²) in [5, 5.41) is 5.44. The van der Waals surface area contributed by atoms with Crippen LogP contribution in [0.15, 0.2) is 84.9 Å². The van der Waals surface area contributed by atoms with Crippen LogP contribution in [0, 0.1) is 6.92 Å². The van der Waals surface area contributed by atoms with Crippen LogP contribution in [-0.2, 0) is 34.8 Å². The summed E-state index contributed by atoms with van der Waals surface area (Å²) in [7, 11) is -3.93. The second-order valence-electron chi connectivity index (χ2n) is 8.31. The van der Waals surface area contributed by atoms with E-state index in [0.717, 1.165) is 11.1 Å². The van der Waals surface area contributed by atoms with Crippen molar-refractivity contribution in [1.82, 2.24) is 10.6 Å². The van der Waals surface area contributed by atoms with Gasteiger partial charge in [0.1, 0.15) is 18.9 Å². The molecular weight excluding hydrogens is 507 g/mol. The molecule has 3 aromatic rings. The average molecular weight is 539 g/mol. The van der Waals surface area contributed by atoms with E-state index in [1.165, 1.54) is 0 Å². The fourth-order valence-corrected chi connectivity index (χ4v) is 5.87. The van der Waals surface area contributed by atoms with Crippen molar-refractivity contribution in [2.45, 2.75) is 26.2 Å². The molecule has 10 heteroatoms. The molecule has 200 valence electrons. The molecule has 2 N–H and O–H groups in total.